The molecule has 2 aromatic heterocycles. The van der Waals surface area contributed by atoms with Crippen molar-refractivity contribution in [2.75, 3.05) is 55.8 Å². The molecule has 4 heterocycles. The van der Waals surface area contributed by atoms with Crippen molar-refractivity contribution in [1.82, 2.24) is 19.1 Å². The number of ether oxygens (including phenoxy) is 2. The minimum Gasteiger partial charge on any atom is -0.504 e. The van der Waals surface area contributed by atoms with Crippen molar-refractivity contribution in [1.29, 1.82) is 0 Å². The molecule has 0 amide bonds. The number of aromatic nitrogens is 4. The Morgan fingerprint density at radius 2 is 1.75 bits per heavy atom. The van der Waals surface area contributed by atoms with Crippen LogP contribution in [0, 0.1) is 6.92 Å². The number of phenols is 1. The number of anilines is 2. The first-order valence-corrected chi connectivity index (χ1v) is 13.8. The van der Waals surface area contributed by atoms with Gasteiger partial charge in [-0.15, -0.1) is 0 Å². The van der Waals surface area contributed by atoms with E-state index in [9.17, 15) is 14.7 Å². The number of hydrogen-bond donors (Lipinski definition) is 1. The van der Waals surface area contributed by atoms with Gasteiger partial charge < -0.3 is 24.4 Å². The van der Waals surface area contributed by atoms with E-state index in [1.807, 2.05) is 32.0 Å². The number of aryl methyl sites for hydroxylation is 2. The highest BCUT2D eigenvalue weighted by Crippen LogP contribution is 2.37. The zero-order chi connectivity index (χ0) is 28.0. The van der Waals surface area contributed by atoms with E-state index in [-0.39, 0.29) is 23.0 Å². The molecule has 0 atom stereocenters. The van der Waals surface area contributed by atoms with Crippen LogP contribution in [-0.2, 0) is 11.8 Å². The molecule has 0 bridgehead atoms. The van der Waals surface area contributed by atoms with E-state index in [0.717, 1.165) is 16.8 Å². The van der Waals surface area contributed by atoms with E-state index >= 15 is 0 Å². The first-order chi connectivity index (χ1) is 19.4. The summed E-state index contributed by atoms with van der Waals surface area (Å²) in [7, 11) is 1.72. The molecule has 11 nitrogen and oxygen atoms in total. The van der Waals surface area contributed by atoms with Crippen molar-refractivity contribution in [3.63, 3.8) is 0 Å². The van der Waals surface area contributed by atoms with Crippen molar-refractivity contribution in [2.45, 2.75) is 32.7 Å². The Morgan fingerprint density at radius 1 is 1.00 bits per heavy atom. The van der Waals surface area contributed by atoms with E-state index in [2.05, 4.69) is 9.80 Å². The van der Waals surface area contributed by atoms with Gasteiger partial charge in [0.2, 0.25) is 5.95 Å². The largest absolute Gasteiger partial charge is 0.504 e. The lowest BCUT2D eigenvalue weighted by Gasteiger charge is -2.35. The molecule has 1 N–H and O–H groups in total. The van der Waals surface area contributed by atoms with Gasteiger partial charge in [-0.3, -0.25) is 13.9 Å². The third-order valence-corrected chi connectivity index (χ3v) is 7.92. The van der Waals surface area contributed by atoms with Crippen LogP contribution in [0.15, 0.2) is 39.9 Å². The van der Waals surface area contributed by atoms with Crippen LogP contribution in [0.2, 0.25) is 0 Å². The van der Waals surface area contributed by atoms with Crippen LogP contribution in [-0.4, -0.2) is 70.2 Å². The number of phenolic OH excluding ortho intramolecular Hbond substituents is 1. The molecule has 210 valence electrons. The number of fused-ring (bicyclic) bond motifs is 2. The molecule has 2 aromatic carbocycles. The number of nitrogens with zero attached hydrogens (tertiary/aromatic N) is 6. The van der Waals surface area contributed by atoms with Crippen LogP contribution in [0.25, 0.3) is 21.8 Å². The van der Waals surface area contributed by atoms with Crippen molar-refractivity contribution < 1.29 is 14.6 Å². The molecule has 40 heavy (non-hydrogen) atoms. The minimum atomic E-state index is -0.293. The van der Waals surface area contributed by atoms with Gasteiger partial charge in [0.15, 0.2) is 11.5 Å². The fourth-order valence-corrected chi connectivity index (χ4v) is 5.79. The fraction of sp³-hybridized carbons (Fsp3) is 0.448. The Balaban J connectivity index is 1.37. The van der Waals surface area contributed by atoms with Gasteiger partial charge in [0.25, 0.3) is 5.56 Å². The van der Waals surface area contributed by atoms with Crippen LogP contribution < -0.4 is 25.8 Å². The normalized spacial score (nSPS) is 16.7. The number of piperidine rings is 1. The highest BCUT2D eigenvalue weighted by atomic mass is 16.5. The number of morpholine rings is 1. The molecule has 0 spiro atoms. The van der Waals surface area contributed by atoms with Gasteiger partial charge in [-0.25, -0.2) is 9.78 Å². The number of aromatic hydroxyl groups is 1. The van der Waals surface area contributed by atoms with Gasteiger partial charge in [-0.2, -0.15) is 4.98 Å². The maximum atomic E-state index is 13.5. The van der Waals surface area contributed by atoms with Crippen molar-refractivity contribution in [2.24, 2.45) is 7.05 Å². The highest BCUT2D eigenvalue weighted by molar-refractivity contribution is 5.93. The van der Waals surface area contributed by atoms with Crippen molar-refractivity contribution >= 4 is 33.6 Å². The highest BCUT2D eigenvalue weighted by Gasteiger charge is 2.28. The monoisotopic (exact) mass is 546 g/mol. The molecule has 0 radical (unpaired) electrons. The minimum absolute atomic E-state index is 0.0346. The summed E-state index contributed by atoms with van der Waals surface area (Å²) in [5.74, 6) is 1.76. The molecule has 2 aliphatic rings. The topological polar surface area (TPSA) is 115 Å². The van der Waals surface area contributed by atoms with Crippen molar-refractivity contribution in [3.8, 4) is 11.5 Å². The van der Waals surface area contributed by atoms with E-state index in [4.69, 9.17) is 19.4 Å². The molecule has 2 saturated heterocycles. The van der Waals surface area contributed by atoms with E-state index in [0.29, 0.717) is 87.0 Å². The van der Waals surface area contributed by atoms with Crippen LogP contribution >= 0.6 is 0 Å². The second-order valence-electron chi connectivity index (χ2n) is 10.5. The summed E-state index contributed by atoms with van der Waals surface area (Å²) >= 11 is 0. The number of hydrogen-bond acceptors (Lipinski definition) is 9. The summed E-state index contributed by atoms with van der Waals surface area (Å²) < 4.78 is 14.2. The first-order valence-electron chi connectivity index (χ1n) is 13.8. The van der Waals surface area contributed by atoms with E-state index in [1.165, 1.54) is 4.57 Å². The van der Waals surface area contributed by atoms with Crippen LogP contribution in [0.3, 0.4) is 0 Å². The van der Waals surface area contributed by atoms with Gasteiger partial charge in [0.1, 0.15) is 5.82 Å². The molecular weight excluding hydrogens is 512 g/mol. The smallest absolute Gasteiger partial charge is 0.331 e. The molecule has 0 unspecified atom stereocenters. The standard InChI is InChI=1S/C29H34N6O5/c1-4-40-25-16-20-22(17-24(25)36)30-28(34-11-13-39-14-12-34)31-26(20)33-9-7-19(8-10-33)35-27(37)21-15-18(2)5-6-23(21)32(3)29(35)38/h5-6,15-17,19,36H,4,7-14H2,1-3H3. The SMILES string of the molecule is CCOc1cc2c(N3CCC(n4c(=O)c5cc(C)ccc5n(C)c4=O)CC3)nc(N3CCOCC3)nc2cc1O. The maximum absolute atomic E-state index is 13.5. The third kappa shape index (κ3) is 4.53. The van der Waals surface area contributed by atoms with Gasteiger partial charge >= 0.3 is 5.69 Å². The maximum Gasteiger partial charge on any atom is 0.331 e. The van der Waals surface area contributed by atoms with E-state index in [1.54, 1.807) is 23.7 Å². The summed E-state index contributed by atoms with van der Waals surface area (Å²) in [5, 5.41) is 11.9. The molecule has 2 aliphatic heterocycles. The third-order valence-electron chi connectivity index (χ3n) is 7.92. The lowest BCUT2D eigenvalue weighted by molar-refractivity contribution is 0.122. The van der Waals surface area contributed by atoms with Gasteiger partial charge in [-0.1, -0.05) is 11.6 Å². The first kappa shape index (κ1) is 26.1. The van der Waals surface area contributed by atoms with E-state index < -0.39 is 0 Å². The molecular formula is C29H34N6O5. The zero-order valence-electron chi connectivity index (χ0n) is 23.1. The summed E-state index contributed by atoms with van der Waals surface area (Å²) in [6.07, 6.45) is 1.22. The van der Waals surface area contributed by atoms with Gasteiger partial charge in [0.05, 0.1) is 36.2 Å². The van der Waals surface area contributed by atoms with Crippen LogP contribution in [0.5, 0.6) is 11.5 Å². The Bertz CT molecular complexity index is 1700. The zero-order valence-corrected chi connectivity index (χ0v) is 23.1. The lowest BCUT2D eigenvalue weighted by atomic mass is 10.0. The fourth-order valence-electron chi connectivity index (χ4n) is 5.79. The predicted octanol–water partition coefficient (Wildman–Crippen LogP) is 2.73. The molecule has 0 aliphatic carbocycles. The average Bonchev–Trinajstić information content (AvgIpc) is 2.97. The predicted molar refractivity (Wildman–Crippen MR) is 154 cm³/mol. The summed E-state index contributed by atoms with van der Waals surface area (Å²) in [4.78, 5) is 40.8. The molecule has 2 fully saturated rings. The quantitative estimate of drug-likeness (QED) is 0.403. The summed E-state index contributed by atoms with van der Waals surface area (Å²) in [5.41, 5.74) is 1.72. The average molecular weight is 547 g/mol. The second-order valence-corrected chi connectivity index (χ2v) is 10.5. The number of benzene rings is 2. The Hall–Kier alpha value is -4.12. The summed E-state index contributed by atoms with van der Waals surface area (Å²) in [6.45, 7) is 8.01. The Morgan fingerprint density at radius 3 is 2.48 bits per heavy atom. The molecule has 0 saturated carbocycles. The Labute approximate surface area is 231 Å². The van der Waals surface area contributed by atoms with Crippen LogP contribution in [0.1, 0.15) is 31.4 Å². The summed E-state index contributed by atoms with van der Waals surface area (Å²) in [6, 6.07) is 8.81. The van der Waals surface area contributed by atoms with Gasteiger partial charge in [-0.05, 0) is 44.9 Å². The number of rotatable bonds is 5. The van der Waals surface area contributed by atoms with Crippen molar-refractivity contribution in [3.05, 3.63) is 56.7 Å². The molecule has 11 heteroatoms. The second kappa shape index (κ2) is 10.5. The molecule has 6 rings (SSSR count). The Kier molecular flexibility index (Phi) is 6.83. The lowest BCUT2D eigenvalue weighted by Crippen LogP contribution is -2.45. The molecule has 4 aromatic rings. The van der Waals surface area contributed by atoms with Crippen LogP contribution in [0.4, 0.5) is 11.8 Å². The van der Waals surface area contributed by atoms with Gasteiger partial charge in [0, 0.05) is 50.7 Å².